The van der Waals surface area contributed by atoms with E-state index >= 15 is 0 Å². The van der Waals surface area contributed by atoms with E-state index in [-0.39, 0.29) is 11.2 Å². The van der Waals surface area contributed by atoms with Gasteiger partial charge in [-0.1, -0.05) is 45.0 Å². The molecule has 0 N–H and O–H groups in total. The van der Waals surface area contributed by atoms with Crippen LogP contribution < -0.4 is 0 Å². The maximum atomic E-state index is 12.8. The summed E-state index contributed by atoms with van der Waals surface area (Å²) in [5.41, 5.74) is 2.03. The van der Waals surface area contributed by atoms with Crippen LogP contribution in [0.3, 0.4) is 0 Å². The summed E-state index contributed by atoms with van der Waals surface area (Å²) >= 11 is 0. The van der Waals surface area contributed by atoms with Crippen LogP contribution in [0.1, 0.15) is 45.7 Å². The van der Waals surface area contributed by atoms with Crippen LogP contribution in [-0.4, -0.2) is 21.5 Å². The zero-order valence-electron chi connectivity index (χ0n) is 16.2. The van der Waals surface area contributed by atoms with Crippen LogP contribution in [0.25, 0.3) is 0 Å². The van der Waals surface area contributed by atoms with E-state index in [9.17, 15) is 4.57 Å². The van der Waals surface area contributed by atoms with Gasteiger partial charge in [0.25, 0.3) is 0 Å². The summed E-state index contributed by atoms with van der Waals surface area (Å²) in [6.45, 7) is 16.1. The molecular formula is C18H33O4PSi. The van der Waals surface area contributed by atoms with Crippen LogP contribution in [0.5, 0.6) is 0 Å². The van der Waals surface area contributed by atoms with E-state index in [2.05, 4.69) is 33.9 Å². The van der Waals surface area contributed by atoms with Gasteiger partial charge in [-0.3, -0.25) is 4.57 Å². The maximum Gasteiger partial charge on any atom is 0.335 e. The Hall–Kier alpha value is -0.453. The summed E-state index contributed by atoms with van der Waals surface area (Å²) in [4.78, 5) is 0. The number of hydrogen-bond donors (Lipinski definition) is 0. The molecule has 0 saturated heterocycles. The highest BCUT2D eigenvalue weighted by Gasteiger charge is 2.37. The van der Waals surface area contributed by atoms with Crippen LogP contribution in [0.15, 0.2) is 24.3 Å². The van der Waals surface area contributed by atoms with Gasteiger partial charge in [0.2, 0.25) is 0 Å². The summed E-state index contributed by atoms with van der Waals surface area (Å²) in [5.74, 6) is 0. The quantitative estimate of drug-likeness (QED) is 0.395. The van der Waals surface area contributed by atoms with Crippen LogP contribution in [0, 0.1) is 0 Å². The van der Waals surface area contributed by atoms with E-state index in [0.717, 1.165) is 11.1 Å². The molecule has 0 aliphatic rings. The van der Waals surface area contributed by atoms with Crippen LogP contribution >= 0.6 is 7.60 Å². The first-order valence-electron chi connectivity index (χ1n) is 8.63. The van der Waals surface area contributed by atoms with Crippen molar-refractivity contribution in [1.29, 1.82) is 0 Å². The summed E-state index contributed by atoms with van der Waals surface area (Å²) in [7, 11) is -4.94. The van der Waals surface area contributed by atoms with Gasteiger partial charge in [-0.05, 0) is 43.1 Å². The molecule has 0 saturated carbocycles. The van der Waals surface area contributed by atoms with Crippen LogP contribution in [0.4, 0.5) is 0 Å². The smallest absolute Gasteiger partial charge is 0.335 e. The van der Waals surface area contributed by atoms with Crippen molar-refractivity contribution in [2.75, 3.05) is 13.2 Å². The summed E-state index contributed by atoms with van der Waals surface area (Å²) in [5, 5.41) is 0.161. The SMILES string of the molecule is CCOP(=O)(Cc1ccccc1CO[Si](C)(C)C(C)(C)C)OCC. The Morgan fingerprint density at radius 2 is 1.50 bits per heavy atom. The number of rotatable bonds is 9. The molecule has 0 fully saturated rings. The Morgan fingerprint density at radius 3 is 1.96 bits per heavy atom. The van der Waals surface area contributed by atoms with E-state index < -0.39 is 15.9 Å². The lowest BCUT2D eigenvalue weighted by Crippen LogP contribution is -2.40. The fraction of sp³-hybridized carbons (Fsp3) is 0.667. The molecule has 0 heterocycles. The van der Waals surface area contributed by atoms with Crippen LogP contribution in [0.2, 0.25) is 18.1 Å². The first-order chi connectivity index (χ1) is 11.0. The van der Waals surface area contributed by atoms with Gasteiger partial charge in [0.05, 0.1) is 26.0 Å². The minimum absolute atomic E-state index is 0.161. The highest BCUT2D eigenvalue weighted by atomic mass is 31.2. The van der Waals surface area contributed by atoms with Crippen molar-refractivity contribution in [3.63, 3.8) is 0 Å². The van der Waals surface area contributed by atoms with Crippen molar-refractivity contribution < 1.29 is 18.0 Å². The van der Waals surface area contributed by atoms with Crippen molar-refractivity contribution >= 4 is 15.9 Å². The van der Waals surface area contributed by atoms with Crippen molar-refractivity contribution in [1.82, 2.24) is 0 Å². The molecular weight excluding hydrogens is 339 g/mol. The Balaban J connectivity index is 2.94. The average molecular weight is 373 g/mol. The third-order valence-electron chi connectivity index (χ3n) is 4.53. The Bertz CT molecular complexity index is 556. The van der Waals surface area contributed by atoms with E-state index in [1.54, 1.807) is 0 Å². The minimum Gasteiger partial charge on any atom is -0.413 e. The fourth-order valence-electron chi connectivity index (χ4n) is 2.06. The molecule has 1 aromatic rings. The van der Waals surface area contributed by atoms with Gasteiger partial charge >= 0.3 is 7.60 Å². The first-order valence-corrected chi connectivity index (χ1v) is 13.3. The molecule has 0 amide bonds. The van der Waals surface area contributed by atoms with Crippen molar-refractivity contribution in [2.24, 2.45) is 0 Å². The predicted molar refractivity (Wildman–Crippen MR) is 103 cm³/mol. The lowest BCUT2D eigenvalue weighted by atomic mass is 10.1. The third kappa shape index (κ3) is 6.12. The van der Waals surface area contributed by atoms with E-state index in [0.29, 0.717) is 19.8 Å². The lowest BCUT2D eigenvalue weighted by molar-refractivity contribution is 0.219. The Labute approximate surface area is 148 Å². The average Bonchev–Trinajstić information content (AvgIpc) is 2.45. The molecule has 1 rings (SSSR count). The third-order valence-corrected chi connectivity index (χ3v) is 11.0. The van der Waals surface area contributed by atoms with Gasteiger partial charge in [-0.15, -0.1) is 0 Å². The molecule has 0 bridgehead atoms. The van der Waals surface area contributed by atoms with E-state index in [1.165, 1.54) is 0 Å². The van der Waals surface area contributed by atoms with Gasteiger partial charge in [-0.2, -0.15) is 0 Å². The maximum absolute atomic E-state index is 12.8. The topological polar surface area (TPSA) is 44.8 Å². The number of benzene rings is 1. The fourth-order valence-corrected chi connectivity index (χ4v) is 4.78. The minimum atomic E-state index is -3.11. The zero-order chi connectivity index (χ0) is 18.4. The molecule has 6 heteroatoms. The zero-order valence-corrected chi connectivity index (χ0v) is 18.1. The molecule has 0 unspecified atom stereocenters. The molecule has 4 nitrogen and oxygen atoms in total. The summed E-state index contributed by atoms with van der Waals surface area (Å²) in [6, 6.07) is 7.95. The number of hydrogen-bond acceptors (Lipinski definition) is 4. The molecule has 0 spiro atoms. The van der Waals surface area contributed by atoms with Gasteiger partial charge in [0.15, 0.2) is 8.32 Å². The largest absolute Gasteiger partial charge is 0.413 e. The second-order valence-corrected chi connectivity index (χ2v) is 14.3. The summed E-state index contributed by atoms with van der Waals surface area (Å²) < 4.78 is 30.0. The molecule has 0 aromatic heterocycles. The molecule has 0 atom stereocenters. The second kappa shape index (κ2) is 8.77. The monoisotopic (exact) mass is 372 g/mol. The predicted octanol–water partition coefficient (Wildman–Crippen LogP) is 5.97. The van der Waals surface area contributed by atoms with Crippen LogP contribution in [-0.2, 0) is 30.8 Å². The van der Waals surface area contributed by atoms with Gasteiger partial charge in [0.1, 0.15) is 0 Å². The van der Waals surface area contributed by atoms with Crippen molar-refractivity contribution in [2.45, 2.75) is 65.5 Å². The molecule has 0 aliphatic heterocycles. The van der Waals surface area contributed by atoms with Gasteiger partial charge < -0.3 is 13.5 Å². The standard InChI is InChI=1S/C18H33O4PSi/c1-8-20-23(19,21-9-2)15-17-13-11-10-12-16(17)14-22-24(6,7)18(3,4)5/h10-13H,8-9,14-15H2,1-7H3. The first kappa shape index (κ1) is 21.6. The Morgan fingerprint density at radius 1 is 1.00 bits per heavy atom. The molecule has 0 radical (unpaired) electrons. The molecule has 0 aliphatic carbocycles. The van der Waals surface area contributed by atoms with E-state index in [4.69, 9.17) is 13.5 Å². The molecule has 24 heavy (non-hydrogen) atoms. The molecule has 1 aromatic carbocycles. The van der Waals surface area contributed by atoms with Gasteiger partial charge in [0, 0.05) is 0 Å². The van der Waals surface area contributed by atoms with Crippen molar-refractivity contribution in [3.05, 3.63) is 35.4 Å². The van der Waals surface area contributed by atoms with E-state index in [1.807, 2.05) is 38.1 Å². The van der Waals surface area contributed by atoms with Crippen molar-refractivity contribution in [3.8, 4) is 0 Å². The normalized spacial score (nSPS) is 13.3. The second-order valence-electron chi connectivity index (χ2n) is 7.42. The van der Waals surface area contributed by atoms with Gasteiger partial charge in [-0.25, -0.2) is 0 Å². The lowest BCUT2D eigenvalue weighted by Gasteiger charge is -2.36. The molecule has 138 valence electrons. The highest BCUT2D eigenvalue weighted by Crippen LogP contribution is 2.51. The Kier molecular flexibility index (Phi) is 7.89. The highest BCUT2D eigenvalue weighted by molar-refractivity contribution is 7.53. The summed E-state index contributed by atoms with van der Waals surface area (Å²) in [6.07, 6.45) is 0.283.